The van der Waals surface area contributed by atoms with E-state index in [0.717, 1.165) is 22.6 Å². The second-order valence-electron chi connectivity index (χ2n) is 7.29. The average molecular weight is 421 g/mol. The molecule has 0 spiro atoms. The van der Waals surface area contributed by atoms with Gasteiger partial charge in [0, 0.05) is 0 Å². The summed E-state index contributed by atoms with van der Waals surface area (Å²) >= 11 is 0. The van der Waals surface area contributed by atoms with E-state index in [1.165, 1.54) is 25.4 Å². The van der Waals surface area contributed by atoms with Gasteiger partial charge in [0.25, 0.3) is 0 Å². The summed E-state index contributed by atoms with van der Waals surface area (Å²) in [5.41, 5.74) is 4.42. The zero-order valence-electron chi connectivity index (χ0n) is 18.3. The highest BCUT2D eigenvalue weighted by molar-refractivity contribution is 6.43. The van der Waals surface area contributed by atoms with Crippen molar-refractivity contribution >= 4 is 11.7 Å². The van der Waals surface area contributed by atoms with E-state index in [2.05, 4.69) is 19.0 Å². The van der Waals surface area contributed by atoms with E-state index in [9.17, 15) is 4.79 Å². The first-order valence-electron chi connectivity index (χ1n) is 10.0. The molecule has 162 valence electrons. The molecule has 1 aliphatic carbocycles. The number of oxime groups is 1. The van der Waals surface area contributed by atoms with Crippen molar-refractivity contribution < 1.29 is 23.8 Å². The summed E-state index contributed by atoms with van der Waals surface area (Å²) in [6.45, 7) is 4.48. The highest BCUT2D eigenvalue weighted by Crippen LogP contribution is 2.32. The largest absolute Gasteiger partial charge is 0.489 e. The molecule has 6 heteroatoms. The first-order chi connectivity index (χ1) is 15.0. The number of para-hydroxylation sites is 1. The predicted molar refractivity (Wildman–Crippen MR) is 120 cm³/mol. The molecule has 0 amide bonds. The van der Waals surface area contributed by atoms with E-state index in [-0.39, 0.29) is 5.71 Å². The van der Waals surface area contributed by atoms with Crippen molar-refractivity contribution in [2.75, 3.05) is 20.8 Å². The Morgan fingerprint density at radius 2 is 1.48 bits per heavy atom. The normalized spacial score (nSPS) is 14.4. The summed E-state index contributed by atoms with van der Waals surface area (Å²) in [5, 5.41) is 3.92. The molecule has 0 N–H and O–H groups in total. The highest BCUT2D eigenvalue weighted by atomic mass is 16.6. The van der Waals surface area contributed by atoms with Crippen molar-refractivity contribution in [2.24, 2.45) is 5.16 Å². The SMILES string of the molecule is CON=C(C(=O)OC)C1=C(COc2ccc(Oc3ccccc3)cc2)CC(C)=C(C)C1. The van der Waals surface area contributed by atoms with E-state index in [1.54, 1.807) is 0 Å². The number of methoxy groups -OCH3 is 1. The van der Waals surface area contributed by atoms with Crippen LogP contribution in [0.5, 0.6) is 17.2 Å². The van der Waals surface area contributed by atoms with Crippen LogP contribution in [0, 0.1) is 0 Å². The van der Waals surface area contributed by atoms with Gasteiger partial charge >= 0.3 is 5.97 Å². The molecule has 2 aromatic carbocycles. The Bertz CT molecular complexity index is 1000. The Labute approximate surface area is 182 Å². The minimum Gasteiger partial charge on any atom is -0.489 e. The van der Waals surface area contributed by atoms with Crippen LogP contribution in [0.2, 0.25) is 0 Å². The average Bonchev–Trinajstić information content (AvgIpc) is 2.79. The summed E-state index contributed by atoms with van der Waals surface area (Å²) in [6.07, 6.45) is 1.31. The van der Waals surface area contributed by atoms with E-state index in [0.29, 0.717) is 25.2 Å². The Kier molecular flexibility index (Phi) is 7.49. The van der Waals surface area contributed by atoms with E-state index >= 15 is 0 Å². The van der Waals surface area contributed by atoms with Gasteiger partial charge in [-0.2, -0.15) is 0 Å². The lowest BCUT2D eigenvalue weighted by molar-refractivity contribution is -0.132. The quantitative estimate of drug-likeness (QED) is 0.245. The molecule has 0 bridgehead atoms. The molecule has 0 atom stereocenters. The number of esters is 1. The van der Waals surface area contributed by atoms with Crippen LogP contribution in [0.1, 0.15) is 26.7 Å². The maximum Gasteiger partial charge on any atom is 0.360 e. The molecule has 1 aliphatic rings. The molecule has 3 rings (SSSR count). The molecule has 0 aromatic heterocycles. The molecule has 0 unspecified atom stereocenters. The molecule has 31 heavy (non-hydrogen) atoms. The van der Waals surface area contributed by atoms with E-state index < -0.39 is 5.97 Å². The van der Waals surface area contributed by atoms with Crippen LogP contribution in [0.3, 0.4) is 0 Å². The molecule has 0 radical (unpaired) electrons. The molecular weight excluding hydrogens is 394 g/mol. The van der Waals surface area contributed by atoms with Crippen molar-refractivity contribution in [3.8, 4) is 17.2 Å². The number of ether oxygens (including phenoxy) is 3. The van der Waals surface area contributed by atoms with Crippen molar-refractivity contribution in [1.82, 2.24) is 0 Å². The summed E-state index contributed by atoms with van der Waals surface area (Å²) in [4.78, 5) is 17.2. The number of carbonyl (C=O) groups excluding carboxylic acids is 1. The van der Waals surface area contributed by atoms with Crippen LogP contribution >= 0.6 is 0 Å². The topological polar surface area (TPSA) is 66.4 Å². The maximum absolute atomic E-state index is 12.3. The first kappa shape index (κ1) is 22.2. The van der Waals surface area contributed by atoms with Gasteiger partial charge in [0.1, 0.15) is 31.0 Å². The van der Waals surface area contributed by atoms with Gasteiger partial charge in [-0.05, 0) is 74.2 Å². The second-order valence-corrected chi connectivity index (χ2v) is 7.29. The fourth-order valence-corrected chi connectivity index (χ4v) is 3.31. The minimum absolute atomic E-state index is 0.182. The van der Waals surface area contributed by atoms with Gasteiger partial charge in [-0.1, -0.05) is 34.5 Å². The maximum atomic E-state index is 12.3. The van der Waals surface area contributed by atoms with Crippen LogP contribution < -0.4 is 9.47 Å². The van der Waals surface area contributed by atoms with Crippen molar-refractivity contribution in [3.63, 3.8) is 0 Å². The van der Waals surface area contributed by atoms with Crippen molar-refractivity contribution in [2.45, 2.75) is 26.7 Å². The van der Waals surface area contributed by atoms with E-state index in [4.69, 9.17) is 19.0 Å². The van der Waals surface area contributed by atoms with Crippen LogP contribution in [-0.4, -0.2) is 32.5 Å². The first-order valence-corrected chi connectivity index (χ1v) is 10.0. The zero-order chi connectivity index (χ0) is 22.2. The number of rotatable bonds is 8. The van der Waals surface area contributed by atoms with Crippen LogP contribution in [0.25, 0.3) is 0 Å². The predicted octanol–water partition coefficient (Wildman–Crippen LogP) is 5.46. The van der Waals surface area contributed by atoms with Gasteiger partial charge in [-0.3, -0.25) is 0 Å². The van der Waals surface area contributed by atoms with Crippen LogP contribution in [0.15, 0.2) is 82.0 Å². The Morgan fingerprint density at radius 1 is 0.871 bits per heavy atom. The van der Waals surface area contributed by atoms with Gasteiger partial charge in [-0.25, -0.2) is 4.79 Å². The smallest absolute Gasteiger partial charge is 0.360 e. The lowest BCUT2D eigenvalue weighted by Crippen LogP contribution is -2.24. The Balaban J connectivity index is 1.75. The summed E-state index contributed by atoms with van der Waals surface area (Å²) < 4.78 is 16.7. The number of benzene rings is 2. The molecule has 0 heterocycles. The van der Waals surface area contributed by atoms with Gasteiger partial charge in [0.15, 0.2) is 5.71 Å². The lowest BCUT2D eigenvalue weighted by Gasteiger charge is -2.23. The molecule has 0 aliphatic heterocycles. The summed E-state index contributed by atoms with van der Waals surface area (Å²) in [5.74, 6) is 1.69. The molecule has 2 aromatic rings. The number of allylic oxidation sites excluding steroid dienone is 2. The zero-order valence-corrected chi connectivity index (χ0v) is 18.3. The fourth-order valence-electron chi connectivity index (χ4n) is 3.31. The number of carbonyl (C=O) groups is 1. The Morgan fingerprint density at radius 3 is 2.13 bits per heavy atom. The second kappa shape index (κ2) is 10.5. The van der Waals surface area contributed by atoms with Crippen LogP contribution in [0.4, 0.5) is 0 Å². The van der Waals surface area contributed by atoms with Gasteiger partial charge in [0.2, 0.25) is 0 Å². The monoisotopic (exact) mass is 421 g/mol. The molecule has 0 fully saturated rings. The standard InChI is InChI=1S/C25H27NO5/c1-17-14-19(23(15-18(17)2)24(26-29-4)25(27)28-3)16-30-20-10-12-22(13-11-20)31-21-8-6-5-7-9-21/h5-13H,14-16H2,1-4H3. The molecule has 0 saturated carbocycles. The fraction of sp³-hybridized carbons (Fsp3) is 0.280. The minimum atomic E-state index is -0.524. The van der Waals surface area contributed by atoms with Crippen molar-refractivity contribution in [3.05, 3.63) is 76.9 Å². The Hall–Kier alpha value is -3.54. The highest BCUT2D eigenvalue weighted by Gasteiger charge is 2.26. The summed E-state index contributed by atoms with van der Waals surface area (Å²) in [7, 11) is 2.75. The number of nitrogens with zero attached hydrogens (tertiary/aromatic N) is 1. The molecular formula is C25H27NO5. The third-order valence-corrected chi connectivity index (χ3v) is 5.14. The van der Waals surface area contributed by atoms with E-state index in [1.807, 2.05) is 54.6 Å². The lowest BCUT2D eigenvalue weighted by atomic mass is 9.85. The van der Waals surface area contributed by atoms with Crippen LogP contribution in [-0.2, 0) is 14.4 Å². The third kappa shape index (κ3) is 5.75. The summed E-state index contributed by atoms with van der Waals surface area (Å²) in [6, 6.07) is 17.0. The van der Waals surface area contributed by atoms with Gasteiger partial charge in [-0.15, -0.1) is 0 Å². The van der Waals surface area contributed by atoms with Gasteiger partial charge in [0.05, 0.1) is 7.11 Å². The van der Waals surface area contributed by atoms with Gasteiger partial charge < -0.3 is 19.0 Å². The molecule has 0 saturated heterocycles. The number of hydrogen-bond donors (Lipinski definition) is 0. The number of hydrogen-bond acceptors (Lipinski definition) is 6. The van der Waals surface area contributed by atoms with Crippen molar-refractivity contribution in [1.29, 1.82) is 0 Å². The third-order valence-electron chi connectivity index (χ3n) is 5.14. The molecule has 6 nitrogen and oxygen atoms in total.